The van der Waals surface area contributed by atoms with Crippen LogP contribution in [-0.4, -0.2) is 64.3 Å². The van der Waals surface area contributed by atoms with Crippen molar-refractivity contribution in [3.05, 3.63) is 17.5 Å². The van der Waals surface area contributed by atoms with Crippen LogP contribution in [0.4, 0.5) is 0 Å². The predicted octanol–water partition coefficient (Wildman–Crippen LogP) is 0.461. The van der Waals surface area contributed by atoms with E-state index >= 15 is 0 Å². The topological polar surface area (TPSA) is 67.4 Å². The monoisotopic (exact) mass is 291 g/mol. The summed E-state index contributed by atoms with van der Waals surface area (Å²) in [6.45, 7) is 7.09. The van der Waals surface area contributed by atoms with Crippen LogP contribution in [0.2, 0.25) is 0 Å². The lowest BCUT2D eigenvalue weighted by atomic mass is 10.2. The molecule has 0 radical (unpaired) electrons. The second-order valence-electron chi connectivity index (χ2n) is 6.07. The van der Waals surface area contributed by atoms with E-state index in [4.69, 9.17) is 5.73 Å². The van der Waals surface area contributed by atoms with E-state index in [0.717, 1.165) is 56.4 Å². The minimum atomic E-state index is 0.127. The minimum absolute atomic E-state index is 0.127. The van der Waals surface area contributed by atoms with Crippen molar-refractivity contribution in [2.45, 2.75) is 38.8 Å². The Morgan fingerprint density at radius 1 is 1.33 bits per heavy atom. The molecule has 2 N–H and O–H groups in total. The molecular weight excluding hydrogens is 266 g/mol. The Morgan fingerprint density at radius 2 is 2.05 bits per heavy atom. The van der Waals surface area contributed by atoms with Gasteiger partial charge in [-0.3, -0.25) is 14.4 Å². The van der Waals surface area contributed by atoms with Crippen LogP contribution in [0, 0.1) is 6.92 Å². The van der Waals surface area contributed by atoms with E-state index in [1.165, 1.54) is 12.8 Å². The fraction of sp³-hybridized carbons (Fsp3) is 0.733. The van der Waals surface area contributed by atoms with Crippen molar-refractivity contribution in [2.75, 3.05) is 32.7 Å². The fourth-order valence-electron chi connectivity index (χ4n) is 3.02. The standard InChI is InChI=1S/C15H25N5O/c1-12-14(11-17-20(12)6-2-5-16)15(21)19-9-7-18(8-10-19)13-3-4-13/h11,13H,2-10,16H2,1H3. The number of aromatic nitrogens is 2. The minimum Gasteiger partial charge on any atom is -0.336 e. The first kappa shape index (κ1) is 14.5. The quantitative estimate of drug-likeness (QED) is 0.856. The number of rotatable bonds is 5. The van der Waals surface area contributed by atoms with Gasteiger partial charge in [-0.15, -0.1) is 0 Å². The molecule has 1 aromatic rings. The van der Waals surface area contributed by atoms with Crippen molar-refractivity contribution < 1.29 is 4.79 Å². The van der Waals surface area contributed by atoms with Crippen molar-refractivity contribution in [2.24, 2.45) is 5.73 Å². The van der Waals surface area contributed by atoms with E-state index in [-0.39, 0.29) is 5.91 Å². The van der Waals surface area contributed by atoms with Gasteiger partial charge in [-0.1, -0.05) is 0 Å². The number of hydrogen-bond acceptors (Lipinski definition) is 4. The lowest BCUT2D eigenvalue weighted by molar-refractivity contribution is 0.0626. The molecule has 3 rings (SSSR count). The molecule has 1 aromatic heterocycles. The number of nitrogens with zero attached hydrogens (tertiary/aromatic N) is 4. The lowest BCUT2D eigenvalue weighted by Gasteiger charge is -2.34. The van der Waals surface area contributed by atoms with Crippen molar-refractivity contribution in [1.82, 2.24) is 19.6 Å². The van der Waals surface area contributed by atoms with Crippen LogP contribution in [0.3, 0.4) is 0 Å². The summed E-state index contributed by atoms with van der Waals surface area (Å²) in [6, 6.07) is 0.794. The maximum absolute atomic E-state index is 12.6. The molecule has 6 heteroatoms. The molecule has 0 unspecified atom stereocenters. The van der Waals surface area contributed by atoms with Gasteiger partial charge in [0, 0.05) is 44.5 Å². The van der Waals surface area contributed by atoms with Crippen LogP contribution in [0.1, 0.15) is 35.3 Å². The normalized spacial score (nSPS) is 20.0. The molecule has 6 nitrogen and oxygen atoms in total. The molecule has 1 saturated heterocycles. The number of hydrogen-bond donors (Lipinski definition) is 1. The number of amides is 1. The second-order valence-corrected chi connectivity index (χ2v) is 6.07. The molecule has 0 bridgehead atoms. The molecule has 0 spiro atoms. The number of piperazine rings is 1. The number of carbonyl (C=O) groups is 1. The van der Waals surface area contributed by atoms with Gasteiger partial charge >= 0.3 is 0 Å². The predicted molar refractivity (Wildman–Crippen MR) is 81.1 cm³/mol. The molecule has 2 fully saturated rings. The van der Waals surface area contributed by atoms with E-state index in [9.17, 15) is 4.79 Å². The van der Waals surface area contributed by atoms with Gasteiger partial charge < -0.3 is 10.6 Å². The maximum Gasteiger partial charge on any atom is 0.257 e. The first-order valence-electron chi connectivity index (χ1n) is 7.96. The van der Waals surface area contributed by atoms with Crippen LogP contribution < -0.4 is 5.73 Å². The Hall–Kier alpha value is -1.40. The lowest BCUT2D eigenvalue weighted by Crippen LogP contribution is -2.49. The summed E-state index contributed by atoms with van der Waals surface area (Å²) in [5.74, 6) is 0.127. The first-order chi connectivity index (χ1) is 10.2. The summed E-state index contributed by atoms with van der Waals surface area (Å²) >= 11 is 0. The Kier molecular flexibility index (Phi) is 4.26. The van der Waals surface area contributed by atoms with Gasteiger partial charge in [-0.25, -0.2) is 0 Å². The molecule has 1 amide bonds. The zero-order chi connectivity index (χ0) is 14.8. The molecule has 0 aromatic carbocycles. The highest BCUT2D eigenvalue weighted by molar-refractivity contribution is 5.95. The van der Waals surface area contributed by atoms with Crippen molar-refractivity contribution in [3.8, 4) is 0 Å². The highest BCUT2D eigenvalue weighted by Gasteiger charge is 2.32. The van der Waals surface area contributed by atoms with Gasteiger partial charge in [0.05, 0.1) is 11.8 Å². The van der Waals surface area contributed by atoms with Gasteiger partial charge in [0.2, 0.25) is 0 Å². The van der Waals surface area contributed by atoms with Crippen LogP contribution in [-0.2, 0) is 6.54 Å². The van der Waals surface area contributed by atoms with Crippen molar-refractivity contribution in [3.63, 3.8) is 0 Å². The summed E-state index contributed by atoms with van der Waals surface area (Å²) in [5, 5.41) is 4.33. The largest absolute Gasteiger partial charge is 0.336 e. The molecule has 1 saturated carbocycles. The van der Waals surface area contributed by atoms with Gasteiger partial charge in [-0.2, -0.15) is 5.10 Å². The Bertz CT molecular complexity index is 500. The van der Waals surface area contributed by atoms with E-state index in [1.54, 1.807) is 6.20 Å². The highest BCUT2D eigenvalue weighted by atomic mass is 16.2. The molecule has 116 valence electrons. The summed E-state index contributed by atoms with van der Waals surface area (Å²) in [6.07, 6.45) is 5.26. The van der Waals surface area contributed by atoms with Gasteiger partial charge in [0.1, 0.15) is 0 Å². The Balaban J connectivity index is 1.61. The molecule has 21 heavy (non-hydrogen) atoms. The van der Waals surface area contributed by atoms with E-state index in [0.29, 0.717) is 6.54 Å². The molecule has 2 heterocycles. The summed E-state index contributed by atoms with van der Waals surface area (Å²) in [7, 11) is 0. The number of nitrogens with two attached hydrogens (primary N) is 1. The average Bonchev–Trinajstić information content (AvgIpc) is 3.29. The second kappa shape index (κ2) is 6.15. The summed E-state index contributed by atoms with van der Waals surface area (Å²) in [4.78, 5) is 17.1. The zero-order valence-electron chi connectivity index (χ0n) is 12.8. The van der Waals surface area contributed by atoms with E-state index < -0.39 is 0 Å². The summed E-state index contributed by atoms with van der Waals surface area (Å²) < 4.78 is 1.89. The van der Waals surface area contributed by atoms with Crippen molar-refractivity contribution in [1.29, 1.82) is 0 Å². The van der Waals surface area contributed by atoms with Gasteiger partial charge in [0.25, 0.3) is 5.91 Å². The Labute approximate surface area is 125 Å². The third-order valence-corrected chi connectivity index (χ3v) is 4.57. The van der Waals surface area contributed by atoms with Gasteiger partial charge in [-0.05, 0) is 32.7 Å². The van der Waals surface area contributed by atoms with E-state index in [1.807, 2.05) is 16.5 Å². The smallest absolute Gasteiger partial charge is 0.257 e. The number of carbonyl (C=O) groups excluding carboxylic acids is 1. The Morgan fingerprint density at radius 3 is 2.67 bits per heavy atom. The third kappa shape index (κ3) is 3.11. The molecule has 1 aliphatic carbocycles. The average molecular weight is 291 g/mol. The highest BCUT2D eigenvalue weighted by Crippen LogP contribution is 2.27. The molecular formula is C15H25N5O. The SMILES string of the molecule is Cc1c(C(=O)N2CCN(C3CC3)CC2)cnn1CCCN. The van der Waals surface area contributed by atoms with Crippen LogP contribution >= 0.6 is 0 Å². The first-order valence-corrected chi connectivity index (χ1v) is 7.96. The van der Waals surface area contributed by atoms with Crippen molar-refractivity contribution >= 4 is 5.91 Å². The van der Waals surface area contributed by atoms with Crippen LogP contribution in [0.15, 0.2) is 6.20 Å². The fourth-order valence-corrected chi connectivity index (χ4v) is 3.02. The zero-order valence-corrected chi connectivity index (χ0v) is 12.8. The number of aryl methyl sites for hydroxylation is 1. The van der Waals surface area contributed by atoms with Gasteiger partial charge in [0.15, 0.2) is 0 Å². The van der Waals surface area contributed by atoms with Crippen LogP contribution in [0.5, 0.6) is 0 Å². The molecule has 2 aliphatic rings. The molecule has 0 atom stereocenters. The van der Waals surface area contributed by atoms with Crippen LogP contribution in [0.25, 0.3) is 0 Å². The summed E-state index contributed by atoms with van der Waals surface area (Å²) in [5.41, 5.74) is 7.23. The third-order valence-electron chi connectivity index (χ3n) is 4.57. The van der Waals surface area contributed by atoms with E-state index in [2.05, 4.69) is 10.00 Å². The maximum atomic E-state index is 12.6. The molecule has 1 aliphatic heterocycles.